The number of rotatable bonds is 6. The van der Waals surface area contributed by atoms with E-state index in [9.17, 15) is 4.79 Å². The lowest BCUT2D eigenvalue weighted by atomic mass is 9.78. The van der Waals surface area contributed by atoms with Crippen molar-refractivity contribution in [3.8, 4) is 0 Å². The number of carbonyl (C=O) groups excluding carboxylic acids is 1. The van der Waals surface area contributed by atoms with E-state index in [-0.39, 0.29) is 29.9 Å². The molecule has 1 saturated heterocycles. The number of piperidine rings is 1. The molecule has 1 aromatic rings. The van der Waals surface area contributed by atoms with Gasteiger partial charge in [0.15, 0.2) is 5.96 Å². The van der Waals surface area contributed by atoms with Crippen LogP contribution in [0.4, 0.5) is 0 Å². The van der Waals surface area contributed by atoms with Gasteiger partial charge in [0.05, 0.1) is 5.56 Å². The van der Waals surface area contributed by atoms with Crippen LogP contribution >= 0.6 is 24.0 Å². The quantitative estimate of drug-likeness (QED) is 0.289. The number of pyridine rings is 1. The standard InChI is InChI=1S/C19H31N5O.HI/c1-4-8-19(2)9-6-13-24(15-19)18(20-3)23-12-11-22-17(25)16-7-5-10-21-14-16;/h5,7,10,14H,4,6,8-9,11-13,15H2,1-3H3,(H,20,23)(H,22,25);1H. The van der Waals surface area contributed by atoms with Crippen molar-refractivity contribution in [3.63, 3.8) is 0 Å². The molecule has 6 nitrogen and oxygen atoms in total. The molecule has 0 radical (unpaired) electrons. The fraction of sp³-hybridized carbons (Fsp3) is 0.632. The van der Waals surface area contributed by atoms with E-state index in [1.807, 2.05) is 7.05 Å². The van der Waals surface area contributed by atoms with Crippen LogP contribution in [0.2, 0.25) is 0 Å². The molecule has 2 N–H and O–H groups in total. The molecule has 1 amide bonds. The number of hydrogen-bond donors (Lipinski definition) is 2. The van der Waals surface area contributed by atoms with Gasteiger partial charge in [-0.05, 0) is 36.8 Å². The fourth-order valence-corrected chi connectivity index (χ4v) is 3.59. The van der Waals surface area contributed by atoms with Crippen molar-refractivity contribution >= 4 is 35.8 Å². The van der Waals surface area contributed by atoms with E-state index >= 15 is 0 Å². The van der Waals surface area contributed by atoms with Gasteiger partial charge in [0.1, 0.15) is 0 Å². The Bertz CT molecular complexity index is 577. The van der Waals surface area contributed by atoms with Crippen LogP contribution in [0.25, 0.3) is 0 Å². The van der Waals surface area contributed by atoms with Gasteiger partial charge in [-0.2, -0.15) is 0 Å². The third-order valence-corrected chi connectivity index (χ3v) is 4.76. The Labute approximate surface area is 174 Å². The molecule has 1 atom stereocenters. The maximum absolute atomic E-state index is 12.0. The third kappa shape index (κ3) is 6.74. The summed E-state index contributed by atoms with van der Waals surface area (Å²) in [4.78, 5) is 22.7. The summed E-state index contributed by atoms with van der Waals surface area (Å²) in [5.74, 6) is 0.830. The van der Waals surface area contributed by atoms with Crippen LogP contribution in [0.3, 0.4) is 0 Å². The molecule has 7 heteroatoms. The first-order valence-corrected chi connectivity index (χ1v) is 9.22. The molecular weight excluding hydrogens is 441 g/mol. The Kier molecular flexibility index (Phi) is 9.90. The highest BCUT2D eigenvalue weighted by molar-refractivity contribution is 14.0. The lowest BCUT2D eigenvalue weighted by Crippen LogP contribution is -2.50. The van der Waals surface area contributed by atoms with E-state index < -0.39 is 0 Å². The fourth-order valence-electron chi connectivity index (χ4n) is 3.59. The normalized spacial score (nSPS) is 20.3. The Balaban J connectivity index is 0.00000338. The minimum absolute atomic E-state index is 0. The molecule has 1 aromatic heterocycles. The highest BCUT2D eigenvalue weighted by atomic mass is 127. The van der Waals surface area contributed by atoms with Crippen LogP contribution in [0.15, 0.2) is 29.5 Å². The van der Waals surface area contributed by atoms with E-state index in [1.54, 1.807) is 24.5 Å². The van der Waals surface area contributed by atoms with E-state index in [2.05, 4.69) is 39.4 Å². The minimum Gasteiger partial charge on any atom is -0.354 e. The van der Waals surface area contributed by atoms with Crippen molar-refractivity contribution in [1.29, 1.82) is 0 Å². The van der Waals surface area contributed by atoms with Gasteiger partial charge in [-0.15, -0.1) is 24.0 Å². The van der Waals surface area contributed by atoms with Crippen LogP contribution < -0.4 is 10.6 Å². The molecule has 1 unspecified atom stereocenters. The molecule has 1 aliphatic rings. The van der Waals surface area contributed by atoms with Crippen molar-refractivity contribution in [2.45, 2.75) is 39.5 Å². The molecule has 0 bridgehead atoms. The second-order valence-electron chi connectivity index (χ2n) is 7.06. The van der Waals surface area contributed by atoms with Crippen molar-refractivity contribution in [2.75, 3.05) is 33.2 Å². The van der Waals surface area contributed by atoms with Crippen LogP contribution in [0.5, 0.6) is 0 Å². The van der Waals surface area contributed by atoms with E-state index in [0.717, 1.165) is 19.0 Å². The lowest BCUT2D eigenvalue weighted by molar-refractivity contribution is 0.0953. The number of guanidine groups is 1. The molecular formula is C19H32IN5O. The van der Waals surface area contributed by atoms with Crippen molar-refractivity contribution in [1.82, 2.24) is 20.5 Å². The highest BCUT2D eigenvalue weighted by Gasteiger charge is 2.31. The molecule has 0 saturated carbocycles. The van der Waals surface area contributed by atoms with E-state index in [4.69, 9.17) is 0 Å². The third-order valence-electron chi connectivity index (χ3n) is 4.76. The number of halogens is 1. The first-order valence-electron chi connectivity index (χ1n) is 9.22. The second kappa shape index (κ2) is 11.4. The summed E-state index contributed by atoms with van der Waals surface area (Å²) in [5.41, 5.74) is 0.956. The predicted octanol–water partition coefficient (Wildman–Crippen LogP) is 2.91. The Morgan fingerprint density at radius 2 is 2.15 bits per heavy atom. The SMILES string of the molecule is CCCC1(C)CCCN(C(=NC)NCCNC(=O)c2cccnc2)C1.I. The number of nitrogens with zero attached hydrogens (tertiary/aromatic N) is 3. The summed E-state index contributed by atoms with van der Waals surface area (Å²) in [7, 11) is 1.82. The van der Waals surface area contributed by atoms with Gasteiger partial charge in [0.25, 0.3) is 5.91 Å². The zero-order chi connectivity index (χ0) is 18.1. The largest absolute Gasteiger partial charge is 0.354 e. The van der Waals surface area contributed by atoms with Crippen LogP contribution in [-0.2, 0) is 0 Å². The van der Waals surface area contributed by atoms with Gasteiger partial charge in [0.2, 0.25) is 0 Å². The van der Waals surface area contributed by atoms with Crippen molar-refractivity contribution < 1.29 is 4.79 Å². The Hall–Kier alpha value is -1.38. The second-order valence-corrected chi connectivity index (χ2v) is 7.06. The molecule has 2 heterocycles. The van der Waals surface area contributed by atoms with Crippen molar-refractivity contribution in [2.24, 2.45) is 10.4 Å². The molecule has 0 aliphatic carbocycles. The molecule has 2 rings (SSSR count). The lowest BCUT2D eigenvalue weighted by Gasteiger charge is -2.42. The average Bonchev–Trinajstić information content (AvgIpc) is 2.62. The van der Waals surface area contributed by atoms with Gasteiger partial charge in [0, 0.05) is 45.6 Å². The number of likely N-dealkylation sites (tertiary alicyclic amines) is 1. The van der Waals surface area contributed by atoms with Crippen LogP contribution in [0.1, 0.15) is 49.9 Å². The van der Waals surface area contributed by atoms with Gasteiger partial charge >= 0.3 is 0 Å². The number of nitrogens with one attached hydrogen (secondary N) is 2. The molecule has 0 spiro atoms. The first-order chi connectivity index (χ1) is 12.1. The molecule has 1 fully saturated rings. The summed E-state index contributed by atoms with van der Waals surface area (Å²) >= 11 is 0. The molecule has 1 aliphatic heterocycles. The summed E-state index contributed by atoms with van der Waals surface area (Å²) in [5, 5.41) is 6.27. The average molecular weight is 473 g/mol. The predicted molar refractivity (Wildman–Crippen MR) is 117 cm³/mol. The molecule has 146 valence electrons. The maximum Gasteiger partial charge on any atom is 0.252 e. The van der Waals surface area contributed by atoms with Crippen LogP contribution in [-0.4, -0.2) is 55.0 Å². The molecule has 0 aromatic carbocycles. The topological polar surface area (TPSA) is 69.6 Å². The Morgan fingerprint density at radius 1 is 1.38 bits per heavy atom. The molecule has 26 heavy (non-hydrogen) atoms. The number of amides is 1. The summed E-state index contributed by atoms with van der Waals surface area (Å²) in [6, 6.07) is 3.52. The monoisotopic (exact) mass is 473 g/mol. The number of hydrogen-bond acceptors (Lipinski definition) is 3. The summed E-state index contributed by atoms with van der Waals surface area (Å²) in [6.07, 6.45) is 8.19. The van der Waals surface area contributed by atoms with Crippen LogP contribution in [0, 0.1) is 5.41 Å². The van der Waals surface area contributed by atoms with E-state index in [1.165, 1.54) is 25.7 Å². The highest BCUT2D eigenvalue weighted by Crippen LogP contribution is 2.33. The zero-order valence-corrected chi connectivity index (χ0v) is 18.5. The summed E-state index contributed by atoms with van der Waals surface area (Å²) < 4.78 is 0. The minimum atomic E-state index is -0.0987. The number of aromatic nitrogens is 1. The van der Waals surface area contributed by atoms with Gasteiger partial charge < -0.3 is 15.5 Å². The van der Waals surface area contributed by atoms with Crippen molar-refractivity contribution in [3.05, 3.63) is 30.1 Å². The van der Waals surface area contributed by atoms with Gasteiger partial charge in [-0.25, -0.2) is 0 Å². The van der Waals surface area contributed by atoms with E-state index in [0.29, 0.717) is 24.1 Å². The zero-order valence-electron chi connectivity index (χ0n) is 16.1. The number of carbonyl (C=O) groups is 1. The van der Waals surface area contributed by atoms with Gasteiger partial charge in [-0.3, -0.25) is 14.8 Å². The first kappa shape index (κ1) is 22.7. The summed E-state index contributed by atoms with van der Waals surface area (Å²) in [6.45, 7) is 7.92. The van der Waals surface area contributed by atoms with Gasteiger partial charge in [-0.1, -0.05) is 20.3 Å². The Morgan fingerprint density at radius 3 is 2.81 bits per heavy atom. The number of aliphatic imine (C=N–C) groups is 1. The maximum atomic E-state index is 12.0. The smallest absolute Gasteiger partial charge is 0.252 e.